The van der Waals surface area contributed by atoms with E-state index >= 15 is 0 Å². The molecule has 6 heteroatoms. The molecule has 1 spiro atoms. The highest BCUT2D eigenvalue weighted by atomic mass is 35.5. The maximum atomic E-state index is 12.6. The van der Waals surface area contributed by atoms with Crippen molar-refractivity contribution in [3.05, 3.63) is 47.8 Å². The largest absolute Gasteiger partial charge is 0.491 e. The maximum Gasteiger partial charge on any atom is 0.242 e. The van der Waals surface area contributed by atoms with Crippen molar-refractivity contribution in [3.63, 3.8) is 0 Å². The smallest absolute Gasteiger partial charge is 0.242 e. The number of amides is 1. The average Bonchev–Trinajstić information content (AvgIpc) is 3.21. The van der Waals surface area contributed by atoms with Gasteiger partial charge in [-0.2, -0.15) is 0 Å². The summed E-state index contributed by atoms with van der Waals surface area (Å²) in [5.41, 5.74) is 3.92. The molecule has 0 bridgehead atoms. The van der Waals surface area contributed by atoms with E-state index in [1.807, 2.05) is 44.9 Å². The lowest BCUT2D eigenvalue weighted by molar-refractivity contribution is -0.131. The van der Waals surface area contributed by atoms with Gasteiger partial charge in [-0.25, -0.2) is 0 Å². The van der Waals surface area contributed by atoms with Gasteiger partial charge in [0.15, 0.2) is 0 Å². The average molecular weight is 416 g/mol. The van der Waals surface area contributed by atoms with E-state index in [-0.39, 0.29) is 36.0 Å². The SMILES string of the molecule is Cc1cc(-c2ccc(OC(C)C)cc2)cc([C@@H]2CC[C@@]3(CCN(C)C3=O)N2)n1.Cl. The summed E-state index contributed by atoms with van der Waals surface area (Å²) in [5, 5.41) is 3.63. The summed E-state index contributed by atoms with van der Waals surface area (Å²) in [5.74, 6) is 1.11. The number of likely N-dealkylation sites (N-methyl/N-ethyl adjacent to an activating group) is 1. The molecule has 1 amide bonds. The molecular formula is C23H30ClN3O2. The zero-order valence-electron chi connectivity index (χ0n) is 17.6. The summed E-state index contributed by atoms with van der Waals surface area (Å²) < 4.78 is 5.75. The third-order valence-corrected chi connectivity index (χ3v) is 5.83. The van der Waals surface area contributed by atoms with Crippen molar-refractivity contribution in [2.75, 3.05) is 13.6 Å². The van der Waals surface area contributed by atoms with Gasteiger partial charge in [-0.15, -0.1) is 12.4 Å². The van der Waals surface area contributed by atoms with Crippen LogP contribution in [-0.4, -0.2) is 41.0 Å². The minimum Gasteiger partial charge on any atom is -0.491 e. The van der Waals surface area contributed by atoms with Crippen molar-refractivity contribution in [1.29, 1.82) is 0 Å². The Labute approximate surface area is 179 Å². The predicted octanol–water partition coefficient (Wildman–Crippen LogP) is 4.29. The van der Waals surface area contributed by atoms with Crippen LogP contribution in [0.1, 0.15) is 50.5 Å². The first-order valence-corrected chi connectivity index (χ1v) is 10.2. The van der Waals surface area contributed by atoms with Crippen LogP contribution in [0.5, 0.6) is 5.75 Å². The lowest BCUT2D eigenvalue weighted by Crippen LogP contribution is -2.47. The van der Waals surface area contributed by atoms with E-state index < -0.39 is 0 Å². The summed E-state index contributed by atoms with van der Waals surface area (Å²) in [6, 6.07) is 12.6. The van der Waals surface area contributed by atoms with Crippen LogP contribution >= 0.6 is 12.4 Å². The number of benzene rings is 1. The van der Waals surface area contributed by atoms with Crippen molar-refractivity contribution in [2.24, 2.45) is 0 Å². The molecule has 1 aromatic heterocycles. The normalized spacial score (nSPS) is 23.7. The Morgan fingerprint density at radius 3 is 2.52 bits per heavy atom. The number of carbonyl (C=O) groups excluding carboxylic acids is 1. The first-order valence-electron chi connectivity index (χ1n) is 10.2. The molecule has 2 aliphatic rings. The van der Waals surface area contributed by atoms with E-state index in [1.165, 1.54) is 0 Å². The number of aryl methyl sites for hydroxylation is 1. The summed E-state index contributed by atoms with van der Waals surface area (Å²) in [4.78, 5) is 19.2. The topological polar surface area (TPSA) is 54.5 Å². The van der Waals surface area contributed by atoms with Crippen molar-refractivity contribution >= 4 is 18.3 Å². The number of ether oxygens (including phenoxy) is 1. The predicted molar refractivity (Wildman–Crippen MR) is 118 cm³/mol. The number of hydrogen-bond donors (Lipinski definition) is 1. The highest BCUT2D eigenvalue weighted by molar-refractivity contribution is 5.88. The fourth-order valence-electron chi connectivity index (χ4n) is 4.43. The molecule has 2 aliphatic heterocycles. The van der Waals surface area contributed by atoms with E-state index in [9.17, 15) is 4.79 Å². The van der Waals surface area contributed by atoms with E-state index in [0.29, 0.717) is 0 Å². The van der Waals surface area contributed by atoms with Gasteiger partial charge in [0.2, 0.25) is 5.91 Å². The zero-order chi connectivity index (χ0) is 19.9. The van der Waals surface area contributed by atoms with Crippen LogP contribution in [0.3, 0.4) is 0 Å². The van der Waals surface area contributed by atoms with Crippen molar-refractivity contribution in [3.8, 4) is 16.9 Å². The Hall–Kier alpha value is -2.11. The lowest BCUT2D eigenvalue weighted by atomic mass is 9.96. The molecule has 156 valence electrons. The number of carbonyl (C=O) groups is 1. The minimum absolute atomic E-state index is 0. The third kappa shape index (κ3) is 4.26. The second kappa shape index (κ2) is 8.33. The first kappa shape index (κ1) is 21.6. The highest BCUT2D eigenvalue weighted by Crippen LogP contribution is 2.39. The number of nitrogens with one attached hydrogen (secondary N) is 1. The van der Waals surface area contributed by atoms with E-state index in [2.05, 4.69) is 29.6 Å². The molecule has 2 aromatic rings. The quantitative estimate of drug-likeness (QED) is 0.809. The number of rotatable bonds is 4. The molecule has 0 saturated carbocycles. The molecule has 2 atom stereocenters. The molecule has 2 fully saturated rings. The van der Waals surface area contributed by atoms with Gasteiger partial charge in [-0.3, -0.25) is 15.1 Å². The lowest BCUT2D eigenvalue weighted by Gasteiger charge is -2.23. The van der Waals surface area contributed by atoms with E-state index in [0.717, 1.165) is 54.1 Å². The number of pyridine rings is 1. The van der Waals surface area contributed by atoms with Crippen LogP contribution in [0.15, 0.2) is 36.4 Å². The van der Waals surface area contributed by atoms with Gasteiger partial charge in [0, 0.05) is 19.3 Å². The van der Waals surface area contributed by atoms with Crippen LogP contribution in [0.4, 0.5) is 0 Å². The fraction of sp³-hybridized carbons (Fsp3) is 0.478. The zero-order valence-corrected chi connectivity index (χ0v) is 18.4. The Morgan fingerprint density at radius 2 is 1.90 bits per heavy atom. The van der Waals surface area contributed by atoms with Crippen LogP contribution in [0, 0.1) is 6.92 Å². The molecule has 0 unspecified atom stereocenters. The molecule has 0 radical (unpaired) electrons. The molecule has 5 nitrogen and oxygen atoms in total. The Kier molecular flexibility index (Phi) is 6.20. The number of aromatic nitrogens is 1. The summed E-state index contributed by atoms with van der Waals surface area (Å²) >= 11 is 0. The van der Waals surface area contributed by atoms with E-state index in [4.69, 9.17) is 9.72 Å². The maximum absolute atomic E-state index is 12.6. The van der Waals surface area contributed by atoms with E-state index in [1.54, 1.807) is 0 Å². The first-order chi connectivity index (χ1) is 13.4. The van der Waals surface area contributed by atoms with Crippen molar-refractivity contribution in [1.82, 2.24) is 15.2 Å². The Balaban J connectivity index is 0.00000240. The fourth-order valence-corrected chi connectivity index (χ4v) is 4.43. The second-order valence-electron chi connectivity index (χ2n) is 8.41. The van der Waals surface area contributed by atoms with Crippen molar-refractivity contribution in [2.45, 2.75) is 57.7 Å². The number of halogens is 1. The van der Waals surface area contributed by atoms with Gasteiger partial charge in [-0.1, -0.05) is 12.1 Å². The minimum atomic E-state index is -0.388. The van der Waals surface area contributed by atoms with Crippen LogP contribution in [0.2, 0.25) is 0 Å². The standard InChI is InChI=1S/C23H29N3O2.ClH/c1-15(2)28-19-7-5-17(6-8-19)18-13-16(3)24-21(14-18)20-9-10-23(25-20)11-12-26(4)22(23)27;/h5-8,13-15,20,25H,9-12H2,1-4H3;1H/t20-,23-;/m0./s1. The molecule has 2 saturated heterocycles. The molecule has 1 aromatic carbocycles. The van der Waals surface area contributed by atoms with Gasteiger partial charge in [0.25, 0.3) is 0 Å². The van der Waals surface area contributed by atoms with Crippen LogP contribution in [-0.2, 0) is 4.79 Å². The molecular weight excluding hydrogens is 386 g/mol. The Bertz CT molecular complexity index is 884. The van der Waals surface area contributed by atoms with Crippen LogP contribution < -0.4 is 10.1 Å². The molecule has 3 heterocycles. The molecule has 29 heavy (non-hydrogen) atoms. The van der Waals surface area contributed by atoms with Gasteiger partial charge in [0.05, 0.1) is 17.8 Å². The van der Waals surface area contributed by atoms with Gasteiger partial charge >= 0.3 is 0 Å². The van der Waals surface area contributed by atoms with Gasteiger partial charge < -0.3 is 9.64 Å². The summed E-state index contributed by atoms with van der Waals surface area (Å²) in [7, 11) is 1.89. The third-order valence-electron chi connectivity index (χ3n) is 5.83. The Morgan fingerprint density at radius 1 is 1.17 bits per heavy atom. The van der Waals surface area contributed by atoms with Gasteiger partial charge in [0.1, 0.15) is 11.3 Å². The monoisotopic (exact) mass is 415 g/mol. The van der Waals surface area contributed by atoms with Gasteiger partial charge in [-0.05, 0) is 75.4 Å². The molecule has 0 aliphatic carbocycles. The summed E-state index contributed by atoms with van der Waals surface area (Å²) in [6.07, 6.45) is 2.87. The number of nitrogens with zero attached hydrogens (tertiary/aromatic N) is 2. The van der Waals surface area contributed by atoms with Crippen LogP contribution in [0.25, 0.3) is 11.1 Å². The highest BCUT2D eigenvalue weighted by Gasteiger charge is 2.50. The van der Waals surface area contributed by atoms with Crippen molar-refractivity contribution < 1.29 is 9.53 Å². The number of likely N-dealkylation sites (tertiary alicyclic amines) is 1. The summed E-state index contributed by atoms with van der Waals surface area (Å²) in [6.45, 7) is 6.92. The second-order valence-corrected chi connectivity index (χ2v) is 8.41. The molecule has 1 N–H and O–H groups in total. The molecule has 4 rings (SSSR count). The number of hydrogen-bond acceptors (Lipinski definition) is 4.